The van der Waals surface area contributed by atoms with Crippen molar-refractivity contribution in [3.05, 3.63) is 0 Å². The number of hydrogen-bond acceptors (Lipinski definition) is 3. The van der Waals surface area contributed by atoms with Gasteiger partial charge < -0.3 is 14.7 Å². The Balaban J connectivity index is 4.36. The summed E-state index contributed by atoms with van der Waals surface area (Å²) < 4.78 is 5.13. The molecule has 0 atom stereocenters. The first-order chi connectivity index (χ1) is 7.79. The summed E-state index contributed by atoms with van der Waals surface area (Å²) in [5.41, 5.74) is -0.362. The Morgan fingerprint density at radius 1 is 1.24 bits per heavy atom. The molecule has 0 bridgehead atoms. The molecule has 0 aliphatic carbocycles. The normalized spacial score (nSPS) is 11.3. The molecule has 0 aliphatic heterocycles. The average molecular weight is 245 g/mol. The van der Waals surface area contributed by atoms with Crippen LogP contribution in [0, 0.1) is 0 Å². The first-order valence-corrected chi connectivity index (χ1v) is 5.89. The van der Waals surface area contributed by atoms with Crippen LogP contribution in [0.15, 0.2) is 0 Å². The van der Waals surface area contributed by atoms with Crippen LogP contribution in [-0.2, 0) is 14.3 Å². The van der Waals surface area contributed by atoms with E-state index in [4.69, 9.17) is 9.84 Å². The highest BCUT2D eigenvalue weighted by Gasteiger charge is 2.26. The van der Waals surface area contributed by atoms with E-state index >= 15 is 0 Å². The lowest BCUT2D eigenvalue weighted by atomic mass is 10.0. The molecular formula is C12H23NO4. The van der Waals surface area contributed by atoms with Gasteiger partial charge in [0.2, 0.25) is 5.91 Å². The standard InChI is InChI=1S/C12H23NO4/c1-5-17-9-7-10(14)13(12(2,3)4)8-6-11(15)16/h5-9H2,1-4H3,(H,15,16). The third-order valence-corrected chi connectivity index (χ3v) is 2.32. The highest BCUT2D eigenvalue weighted by molar-refractivity contribution is 5.77. The second-order valence-electron chi connectivity index (χ2n) is 4.81. The van der Waals surface area contributed by atoms with E-state index in [1.165, 1.54) is 0 Å². The molecule has 0 radical (unpaired) electrons. The summed E-state index contributed by atoms with van der Waals surface area (Å²) in [6.45, 7) is 8.77. The fraction of sp³-hybridized carbons (Fsp3) is 0.833. The Hall–Kier alpha value is -1.10. The molecule has 1 amide bonds. The molecule has 0 rings (SSSR count). The summed E-state index contributed by atoms with van der Waals surface area (Å²) in [6, 6.07) is 0. The molecular weight excluding hydrogens is 222 g/mol. The van der Waals surface area contributed by atoms with Crippen molar-refractivity contribution in [3.8, 4) is 0 Å². The van der Waals surface area contributed by atoms with E-state index in [2.05, 4.69) is 0 Å². The topological polar surface area (TPSA) is 66.8 Å². The van der Waals surface area contributed by atoms with Gasteiger partial charge in [0.15, 0.2) is 0 Å². The van der Waals surface area contributed by atoms with Gasteiger partial charge in [0, 0.05) is 18.7 Å². The van der Waals surface area contributed by atoms with Crippen LogP contribution in [-0.4, -0.2) is 47.2 Å². The Bertz CT molecular complexity index is 258. The van der Waals surface area contributed by atoms with E-state index in [1.54, 1.807) is 4.90 Å². The molecule has 5 nitrogen and oxygen atoms in total. The molecule has 0 aromatic carbocycles. The summed E-state index contributed by atoms with van der Waals surface area (Å²) >= 11 is 0. The number of carbonyl (C=O) groups excluding carboxylic acids is 1. The fourth-order valence-electron chi connectivity index (χ4n) is 1.48. The molecule has 0 unspecified atom stereocenters. The Morgan fingerprint density at radius 3 is 2.24 bits per heavy atom. The molecule has 100 valence electrons. The third kappa shape index (κ3) is 6.94. The zero-order valence-corrected chi connectivity index (χ0v) is 11.2. The zero-order chi connectivity index (χ0) is 13.5. The number of hydrogen-bond donors (Lipinski definition) is 1. The summed E-state index contributed by atoms with van der Waals surface area (Å²) in [5, 5.41) is 8.66. The molecule has 0 fully saturated rings. The van der Waals surface area contributed by atoms with Crippen molar-refractivity contribution in [1.82, 2.24) is 4.90 Å². The van der Waals surface area contributed by atoms with Crippen LogP contribution in [0.25, 0.3) is 0 Å². The minimum atomic E-state index is -0.892. The molecule has 0 heterocycles. The van der Waals surface area contributed by atoms with E-state index in [0.29, 0.717) is 19.6 Å². The SMILES string of the molecule is CCOCCC(=O)N(CCC(=O)O)C(C)(C)C. The summed E-state index contributed by atoms with van der Waals surface area (Å²) in [4.78, 5) is 24.1. The van der Waals surface area contributed by atoms with E-state index in [9.17, 15) is 9.59 Å². The summed E-state index contributed by atoms with van der Waals surface area (Å²) in [6.07, 6.45) is 0.266. The maximum absolute atomic E-state index is 11.9. The van der Waals surface area contributed by atoms with Crippen molar-refractivity contribution >= 4 is 11.9 Å². The van der Waals surface area contributed by atoms with Gasteiger partial charge in [0.05, 0.1) is 19.4 Å². The van der Waals surface area contributed by atoms with Crippen LogP contribution in [0.3, 0.4) is 0 Å². The van der Waals surface area contributed by atoms with Crippen LogP contribution in [0.4, 0.5) is 0 Å². The Kier molecular flexibility index (Phi) is 6.80. The predicted molar refractivity (Wildman–Crippen MR) is 64.8 cm³/mol. The average Bonchev–Trinajstić information content (AvgIpc) is 2.15. The van der Waals surface area contributed by atoms with Gasteiger partial charge in [-0.2, -0.15) is 0 Å². The number of carbonyl (C=O) groups is 2. The number of aliphatic carboxylic acids is 1. The second kappa shape index (κ2) is 7.27. The quantitative estimate of drug-likeness (QED) is 0.690. The van der Waals surface area contributed by atoms with Gasteiger partial charge in [0.25, 0.3) is 0 Å². The van der Waals surface area contributed by atoms with Gasteiger partial charge in [-0.25, -0.2) is 0 Å². The van der Waals surface area contributed by atoms with Crippen LogP contribution in [0.1, 0.15) is 40.5 Å². The van der Waals surface area contributed by atoms with E-state index in [-0.39, 0.29) is 24.4 Å². The summed E-state index contributed by atoms with van der Waals surface area (Å²) in [5.74, 6) is -0.955. The first kappa shape index (κ1) is 15.9. The fourth-order valence-corrected chi connectivity index (χ4v) is 1.48. The monoisotopic (exact) mass is 245 g/mol. The molecule has 0 aromatic heterocycles. The van der Waals surface area contributed by atoms with E-state index in [0.717, 1.165) is 0 Å². The number of carboxylic acid groups (broad SMARTS) is 1. The van der Waals surface area contributed by atoms with Crippen molar-refractivity contribution in [2.75, 3.05) is 19.8 Å². The Morgan fingerprint density at radius 2 is 1.82 bits per heavy atom. The number of ether oxygens (including phenoxy) is 1. The van der Waals surface area contributed by atoms with Crippen LogP contribution >= 0.6 is 0 Å². The van der Waals surface area contributed by atoms with Crippen molar-refractivity contribution in [3.63, 3.8) is 0 Å². The molecule has 17 heavy (non-hydrogen) atoms. The maximum Gasteiger partial charge on any atom is 0.305 e. The number of nitrogens with zero attached hydrogens (tertiary/aromatic N) is 1. The molecule has 0 saturated heterocycles. The zero-order valence-electron chi connectivity index (χ0n) is 11.2. The van der Waals surface area contributed by atoms with Gasteiger partial charge in [0.1, 0.15) is 0 Å². The van der Waals surface area contributed by atoms with Crippen molar-refractivity contribution < 1.29 is 19.4 Å². The lowest BCUT2D eigenvalue weighted by Crippen LogP contribution is -2.46. The van der Waals surface area contributed by atoms with Crippen LogP contribution in [0.5, 0.6) is 0 Å². The molecule has 1 N–H and O–H groups in total. The maximum atomic E-state index is 11.9. The number of carboxylic acids is 1. The largest absolute Gasteiger partial charge is 0.481 e. The minimum Gasteiger partial charge on any atom is -0.481 e. The van der Waals surface area contributed by atoms with Gasteiger partial charge in [-0.3, -0.25) is 9.59 Å². The first-order valence-electron chi connectivity index (χ1n) is 5.89. The van der Waals surface area contributed by atoms with E-state index < -0.39 is 5.97 Å². The third-order valence-electron chi connectivity index (χ3n) is 2.32. The smallest absolute Gasteiger partial charge is 0.305 e. The van der Waals surface area contributed by atoms with Gasteiger partial charge in [-0.05, 0) is 27.7 Å². The number of rotatable bonds is 7. The minimum absolute atomic E-state index is 0.0301. The van der Waals surface area contributed by atoms with Gasteiger partial charge >= 0.3 is 5.97 Å². The lowest BCUT2D eigenvalue weighted by molar-refractivity contribution is -0.141. The van der Waals surface area contributed by atoms with Crippen molar-refractivity contribution in [2.45, 2.75) is 46.1 Å². The van der Waals surface area contributed by atoms with Gasteiger partial charge in [-0.1, -0.05) is 0 Å². The molecule has 0 saturated carbocycles. The lowest BCUT2D eigenvalue weighted by Gasteiger charge is -2.35. The molecule has 0 spiro atoms. The van der Waals surface area contributed by atoms with Gasteiger partial charge in [-0.15, -0.1) is 0 Å². The molecule has 0 aromatic rings. The van der Waals surface area contributed by atoms with E-state index in [1.807, 2.05) is 27.7 Å². The highest BCUT2D eigenvalue weighted by atomic mass is 16.5. The molecule has 0 aliphatic rings. The summed E-state index contributed by atoms with van der Waals surface area (Å²) in [7, 11) is 0. The highest BCUT2D eigenvalue weighted by Crippen LogP contribution is 2.15. The van der Waals surface area contributed by atoms with Crippen molar-refractivity contribution in [2.24, 2.45) is 0 Å². The second-order valence-corrected chi connectivity index (χ2v) is 4.81. The van der Waals surface area contributed by atoms with Crippen molar-refractivity contribution in [1.29, 1.82) is 0 Å². The van der Waals surface area contributed by atoms with Crippen LogP contribution < -0.4 is 0 Å². The van der Waals surface area contributed by atoms with Crippen LogP contribution in [0.2, 0.25) is 0 Å². The number of amides is 1. The Labute approximate surface area is 103 Å². The predicted octanol–water partition coefficient (Wildman–Crippen LogP) is 1.51. The molecule has 5 heteroatoms.